The van der Waals surface area contributed by atoms with Gasteiger partial charge in [0.1, 0.15) is 0 Å². The van der Waals surface area contributed by atoms with Crippen molar-refractivity contribution in [2.24, 2.45) is 0 Å². The molecular weight excluding hydrogens is 259 g/mol. The van der Waals surface area contributed by atoms with Crippen LogP contribution in [0.5, 0.6) is 0 Å². The van der Waals surface area contributed by atoms with Crippen LogP contribution < -0.4 is 11.1 Å². The van der Waals surface area contributed by atoms with Gasteiger partial charge >= 0.3 is 0 Å². The summed E-state index contributed by atoms with van der Waals surface area (Å²) < 4.78 is 13.7. The number of nitrogens with one attached hydrogen (secondary N) is 1. The van der Waals surface area contributed by atoms with E-state index in [9.17, 15) is 9.18 Å². The summed E-state index contributed by atoms with van der Waals surface area (Å²) in [5, 5.41) is 2.83. The predicted octanol–water partition coefficient (Wildman–Crippen LogP) is 1.41. The molecule has 0 atom stereocenters. The number of nitrogens with two attached hydrogens (primary N) is 1. The van der Waals surface area contributed by atoms with E-state index in [1.807, 2.05) is 14.1 Å². The minimum Gasteiger partial charge on any atom is -0.381 e. The van der Waals surface area contributed by atoms with Crippen LogP contribution in [0.1, 0.15) is 36.0 Å². The molecule has 1 aliphatic carbocycles. The van der Waals surface area contributed by atoms with E-state index in [4.69, 9.17) is 5.73 Å². The summed E-state index contributed by atoms with van der Waals surface area (Å²) in [5.41, 5.74) is 5.30. The van der Waals surface area contributed by atoms with Crippen molar-refractivity contribution in [2.75, 3.05) is 26.4 Å². The van der Waals surface area contributed by atoms with E-state index in [-0.39, 0.29) is 16.9 Å². The number of nitrogens with zero attached hydrogens (tertiary/aromatic N) is 2. The number of amides is 1. The number of anilines is 1. The number of pyridine rings is 1. The van der Waals surface area contributed by atoms with Crippen LogP contribution >= 0.6 is 0 Å². The fourth-order valence-electron chi connectivity index (χ4n) is 2.79. The van der Waals surface area contributed by atoms with Crippen LogP contribution in [0.2, 0.25) is 0 Å². The molecule has 1 heterocycles. The molecule has 1 fully saturated rings. The van der Waals surface area contributed by atoms with Gasteiger partial charge in [-0.1, -0.05) is 12.8 Å². The Bertz CT molecular complexity index is 498. The summed E-state index contributed by atoms with van der Waals surface area (Å²) in [6.45, 7) is 0.514. The molecule has 110 valence electrons. The molecule has 0 spiro atoms. The second-order valence-electron chi connectivity index (χ2n) is 5.57. The maximum Gasteiger partial charge on any atom is 0.254 e. The van der Waals surface area contributed by atoms with Crippen LogP contribution in [0.25, 0.3) is 0 Å². The third kappa shape index (κ3) is 2.75. The largest absolute Gasteiger partial charge is 0.381 e. The number of likely N-dealkylation sites (N-methyl/N-ethyl adjacent to an activating group) is 1. The Labute approximate surface area is 118 Å². The third-order valence-electron chi connectivity index (χ3n) is 4.22. The predicted molar refractivity (Wildman–Crippen MR) is 75.8 cm³/mol. The van der Waals surface area contributed by atoms with Crippen LogP contribution in [0.3, 0.4) is 0 Å². The Morgan fingerprint density at radius 3 is 2.75 bits per heavy atom. The Hall–Kier alpha value is -1.69. The molecule has 0 unspecified atom stereocenters. The average molecular weight is 280 g/mol. The number of hydrogen-bond acceptors (Lipinski definition) is 4. The first-order chi connectivity index (χ1) is 9.46. The molecule has 1 saturated carbocycles. The van der Waals surface area contributed by atoms with E-state index in [1.54, 1.807) is 0 Å². The van der Waals surface area contributed by atoms with Crippen molar-refractivity contribution in [3.63, 3.8) is 0 Å². The molecule has 6 heteroatoms. The molecule has 1 aliphatic rings. The SMILES string of the molecule is CN(C)C1(CNC(=O)c2ccnc(N)c2F)CCCC1. The third-order valence-corrected chi connectivity index (χ3v) is 4.22. The maximum atomic E-state index is 13.7. The van der Waals surface area contributed by atoms with Crippen molar-refractivity contribution in [3.8, 4) is 0 Å². The van der Waals surface area contributed by atoms with E-state index < -0.39 is 11.7 Å². The van der Waals surface area contributed by atoms with E-state index in [0.29, 0.717) is 6.54 Å². The number of aromatic nitrogens is 1. The molecule has 0 aromatic carbocycles. The number of carbonyl (C=O) groups is 1. The highest BCUT2D eigenvalue weighted by Crippen LogP contribution is 2.33. The minimum absolute atomic E-state index is 0.0231. The molecular formula is C14H21FN4O. The van der Waals surface area contributed by atoms with Crippen LogP contribution in [-0.2, 0) is 0 Å². The quantitative estimate of drug-likeness (QED) is 0.874. The van der Waals surface area contributed by atoms with Gasteiger partial charge in [0.05, 0.1) is 5.56 Å². The molecule has 5 nitrogen and oxygen atoms in total. The Balaban J connectivity index is 2.07. The molecule has 2 rings (SSSR count). The molecule has 1 aromatic heterocycles. The second kappa shape index (κ2) is 5.75. The first-order valence-electron chi connectivity index (χ1n) is 6.82. The van der Waals surface area contributed by atoms with Gasteiger partial charge in [-0.05, 0) is 33.0 Å². The Morgan fingerprint density at radius 1 is 1.50 bits per heavy atom. The maximum absolute atomic E-state index is 13.7. The summed E-state index contributed by atoms with van der Waals surface area (Å²) in [7, 11) is 4.03. The van der Waals surface area contributed by atoms with Crippen molar-refractivity contribution in [2.45, 2.75) is 31.2 Å². The van der Waals surface area contributed by atoms with Gasteiger partial charge in [0.25, 0.3) is 5.91 Å². The Morgan fingerprint density at radius 2 is 2.15 bits per heavy atom. The van der Waals surface area contributed by atoms with E-state index in [2.05, 4.69) is 15.2 Å². The fourth-order valence-corrected chi connectivity index (χ4v) is 2.79. The average Bonchev–Trinajstić information content (AvgIpc) is 2.89. The van der Waals surface area contributed by atoms with Gasteiger partial charge in [0.2, 0.25) is 0 Å². The topological polar surface area (TPSA) is 71.2 Å². The van der Waals surface area contributed by atoms with E-state index in [0.717, 1.165) is 25.7 Å². The van der Waals surface area contributed by atoms with Crippen LogP contribution in [0, 0.1) is 5.82 Å². The van der Waals surface area contributed by atoms with Gasteiger partial charge in [0, 0.05) is 18.3 Å². The molecule has 20 heavy (non-hydrogen) atoms. The smallest absolute Gasteiger partial charge is 0.254 e. The lowest BCUT2D eigenvalue weighted by atomic mass is 9.96. The van der Waals surface area contributed by atoms with Gasteiger partial charge in [0.15, 0.2) is 11.6 Å². The molecule has 0 saturated heterocycles. The first-order valence-corrected chi connectivity index (χ1v) is 6.82. The van der Waals surface area contributed by atoms with E-state index >= 15 is 0 Å². The first kappa shape index (κ1) is 14.7. The highest BCUT2D eigenvalue weighted by molar-refractivity contribution is 5.95. The zero-order chi connectivity index (χ0) is 14.8. The lowest BCUT2D eigenvalue weighted by molar-refractivity contribution is 0.0896. The van der Waals surface area contributed by atoms with Crippen molar-refractivity contribution >= 4 is 11.7 Å². The highest BCUT2D eigenvalue weighted by atomic mass is 19.1. The van der Waals surface area contributed by atoms with Gasteiger partial charge in [-0.25, -0.2) is 9.37 Å². The van der Waals surface area contributed by atoms with Crippen molar-refractivity contribution in [1.82, 2.24) is 15.2 Å². The normalized spacial score (nSPS) is 17.4. The summed E-state index contributed by atoms with van der Waals surface area (Å²) in [4.78, 5) is 17.9. The molecule has 3 N–H and O–H groups in total. The van der Waals surface area contributed by atoms with Gasteiger partial charge in [-0.15, -0.1) is 0 Å². The zero-order valence-electron chi connectivity index (χ0n) is 11.9. The molecule has 0 bridgehead atoms. The number of hydrogen-bond donors (Lipinski definition) is 2. The highest BCUT2D eigenvalue weighted by Gasteiger charge is 2.36. The molecule has 0 radical (unpaired) electrons. The number of halogens is 1. The van der Waals surface area contributed by atoms with Crippen molar-refractivity contribution in [1.29, 1.82) is 0 Å². The molecule has 1 amide bonds. The molecule has 0 aliphatic heterocycles. The summed E-state index contributed by atoms with van der Waals surface area (Å²) in [6, 6.07) is 1.35. The lowest BCUT2D eigenvalue weighted by Crippen LogP contribution is -2.50. The second-order valence-corrected chi connectivity index (χ2v) is 5.57. The summed E-state index contributed by atoms with van der Waals surface area (Å²) >= 11 is 0. The van der Waals surface area contributed by atoms with Gasteiger partial charge < -0.3 is 16.0 Å². The minimum atomic E-state index is -0.754. The number of nitrogen functional groups attached to an aromatic ring is 1. The number of rotatable bonds is 4. The van der Waals surface area contributed by atoms with Crippen LogP contribution in [-0.4, -0.2) is 42.0 Å². The molecule has 1 aromatic rings. The van der Waals surface area contributed by atoms with Crippen molar-refractivity contribution in [3.05, 3.63) is 23.6 Å². The monoisotopic (exact) mass is 280 g/mol. The van der Waals surface area contributed by atoms with Gasteiger partial charge in [-0.3, -0.25) is 4.79 Å². The van der Waals surface area contributed by atoms with Crippen molar-refractivity contribution < 1.29 is 9.18 Å². The lowest BCUT2D eigenvalue weighted by Gasteiger charge is -2.36. The van der Waals surface area contributed by atoms with Crippen LogP contribution in [0.15, 0.2) is 12.3 Å². The standard InChI is InChI=1S/C14H21FN4O/c1-19(2)14(6-3-4-7-14)9-18-13(20)10-5-8-17-12(16)11(10)15/h5,8H,3-4,6-7,9H2,1-2H3,(H2,16,17)(H,18,20). The zero-order valence-corrected chi connectivity index (χ0v) is 11.9. The number of carbonyl (C=O) groups excluding carboxylic acids is 1. The van der Waals surface area contributed by atoms with E-state index in [1.165, 1.54) is 12.3 Å². The van der Waals surface area contributed by atoms with Gasteiger partial charge in [-0.2, -0.15) is 0 Å². The fraction of sp³-hybridized carbons (Fsp3) is 0.571. The summed E-state index contributed by atoms with van der Waals surface area (Å²) in [5.74, 6) is -1.44. The van der Waals surface area contributed by atoms with Crippen LogP contribution in [0.4, 0.5) is 10.2 Å². The summed E-state index contributed by atoms with van der Waals surface area (Å²) in [6.07, 6.45) is 5.74. The Kier molecular flexibility index (Phi) is 4.23.